The third kappa shape index (κ3) is 4.36. The van der Waals surface area contributed by atoms with Gasteiger partial charge >= 0.3 is 0 Å². The number of amides is 1. The van der Waals surface area contributed by atoms with Crippen LogP contribution in [0.15, 0.2) is 30.3 Å². The Morgan fingerprint density at radius 3 is 2.70 bits per heavy atom. The number of primary amides is 1. The molecule has 0 saturated heterocycles. The van der Waals surface area contributed by atoms with Gasteiger partial charge in [0.1, 0.15) is 17.7 Å². The second-order valence-electron chi connectivity index (χ2n) is 6.95. The minimum atomic E-state index is -0.643. The lowest BCUT2D eigenvalue weighted by Crippen LogP contribution is -2.43. The molecule has 1 amide bonds. The largest absolute Gasteiger partial charge is 0.365 e. The molecule has 1 aromatic carbocycles. The van der Waals surface area contributed by atoms with Gasteiger partial charge in [-0.3, -0.25) is 4.79 Å². The first-order chi connectivity index (χ1) is 13.0. The van der Waals surface area contributed by atoms with E-state index in [2.05, 4.69) is 21.7 Å². The van der Waals surface area contributed by atoms with Gasteiger partial charge < -0.3 is 22.1 Å². The van der Waals surface area contributed by atoms with Crippen LogP contribution in [0.2, 0.25) is 0 Å². The maximum atomic E-state index is 11.9. The Bertz CT molecular complexity index is 889. The fourth-order valence-corrected chi connectivity index (χ4v) is 3.37. The quantitative estimate of drug-likeness (QED) is 0.645. The maximum Gasteiger partial charge on any atom is 0.252 e. The normalized spacial score (nSPS) is 19.1. The molecule has 1 saturated carbocycles. The predicted octanol–water partition coefficient (Wildman–Crippen LogP) is 2.79. The zero-order valence-corrected chi connectivity index (χ0v) is 15.3. The van der Waals surface area contributed by atoms with Crippen LogP contribution in [0.1, 0.15) is 47.2 Å². The summed E-state index contributed by atoms with van der Waals surface area (Å²) in [7, 11) is 0. The third-order valence-corrected chi connectivity index (χ3v) is 4.83. The molecule has 3 rings (SSSR count). The lowest BCUT2D eigenvalue weighted by molar-refractivity contribution is 0.100. The Balaban J connectivity index is 1.97. The molecule has 0 spiro atoms. The van der Waals surface area contributed by atoms with E-state index >= 15 is 0 Å². The van der Waals surface area contributed by atoms with Crippen molar-refractivity contribution in [2.45, 2.75) is 44.7 Å². The third-order valence-electron chi connectivity index (χ3n) is 4.83. The smallest absolute Gasteiger partial charge is 0.252 e. The van der Waals surface area contributed by atoms with Crippen LogP contribution in [-0.2, 0) is 0 Å². The number of pyridine rings is 1. The van der Waals surface area contributed by atoms with Crippen molar-refractivity contribution < 1.29 is 4.79 Å². The van der Waals surface area contributed by atoms with Crippen molar-refractivity contribution in [3.63, 3.8) is 0 Å². The van der Waals surface area contributed by atoms with Gasteiger partial charge in [0.25, 0.3) is 5.91 Å². The molecule has 1 heterocycles. The van der Waals surface area contributed by atoms with E-state index in [0.29, 0.717) is 11.6 Å². The highest BCUT2D eigenvalue weighted by Crippen LogP contribution is 2.27. The molecule has 1 aliphatic carbocycles. The summed E-state index contributed by atoms with van der Waals surface area (Å²) < 4.78 is 0. The van der Waals surface area contributed by atoms with Crippen molar-refractivity contribution in [2.24, 2.45) is 11.5 Å². The van der Waals surface area contributed by atoms with E-state index in [-0.39, 0.29) is 23.2 Å². The fraction of sp³-hybridized carbons (Fsp3) is 0.350. The number of hydrogen-bond donors (Lipinski definition) is 4. The lowest BCUT2D eigenvalue weighted by atomic mass is 9.91. The standard InChI is InChI=1S/C20H24N6O/c1-12-5-4-6-14(9-12)24-20-15(18(23)27)10-13(11-21)19(26-20)25-17-8-3-2-7-16(17)22/h4-6,9-10,16-17H,2-3,7-8,22H2,1H3,(H2,23,27)(H2,24,25,26)/t16-,17-/m0/s1. The first-order valence-corrected chi connectivity index (χ1v) is 9.08. The van der Waals surface area contributed by atoms with Gasteiger partial charge in [-0.05, 0) is 43.5 Å². The van der Waals surface area contributed by atoms with Crippen molar-refractivity contribution in [3.05, 3.63) is 47.0 Å². The van der Waals surface area contributed by atoms with E-state index in [9.17, 15) is 10.1 Å². The average Bonchev–Trinajstić information content (AvgIpc) is 2.63. The molecular weight excluding hydrogens is 340 g/mol. The van der Waals surface area contributed by atoms with E-state index in [0.717, 1.165) is 36.9 Å². The first kappa shape index (κ1) is 18.7. The molecule has 0 aliphatic heterocycles. The van der Waals surface area contributed by atoms with Crippen LogP contribution >= 0.6 is 0 Å². The molecular formula is C20H24N6O. The number of aryl methyl sites for hydroxylation is 1. The van der Waals surface area contributed by atoms with Crippen LogP contribution in [-0.4, -0.2) is 23.0 Å². The van der Waals surface area contributed by atoms with Crippen molar-refractivity contribution in [3.8, 4) is 6.07 Å². The summed E-state index contributed by atoms with van der Waals surface area (Å²) in [6.07, 6.45) is 4.05. The summed E-state index contributed by atoms with van der Waals surface area (Å²) in [5.74, 6) is 0.0917. The van der Waals surface area contributed by atoms with Crippen LogP contribution < -0.4 is 22.1 Å². The monoisotopic (exact) mass is 364 g/mol. The number of hydrogen-bond acceptors (Lipinski definition) is 6. The highest BCUT2D eigenvalue weighted by Gasteiger charge is 2.24. The summed E-state index contributed by atoms with van der Waals surface area (Å²) in [5, 5.41) is 15.9. The van der Waals surface area contributed by atoms with Crippen molar-refractivity contribution in [1.82, 2.24) is 4.98 Å². The number of anilines is 3. The SMILES string of the molecule is Cc1cccc(Nc2nc(N[C@H]3CCCC[C@@H]3N)c(C#N)cc2C(N)=O)c1. The zero-order chi connectivity index (χ0) is 19.4. The molecule has 1 aromatic heterocycles. The Hall–Kier alpha value is -3.11. The van der Waals surface area contributed by atoms with Crippen molar-refractivity contribution in [2.75, 3.05) is 10.6 Å². The van der Waals surface area contributed by atoms with Crippen LogP contribution in [0, 0.1) is 18.3 Å². The average molecular weight is 364 g/mol. The zero-order valence-electron chi connectivity index (χ0n) is 15.3. The van der Waals surface area contributed by atoms with Gasteiger partial charge in [0, 0.05) is 17.8 Å². The van der Waals surface area contributed by atoms with Gasteiger partial charge in [-0.2, -0.15) is 5.26 Å². The Morgan fingerprint density at radius 2 is 2.04 bits per heavy atom. The molecule has 6 N–H and O–H groups in total. The molecule has 7 heteroatoms. The Kier molecular flexibility index (Phi) is 5.57. The number of nitrogens with one attached hydrogen (secondary N) is 2. The number of carbonyl (C=O) groups excluding carboxylic acids is 1. The van der Waals surface area contributed by atoms with Gasteiger partial charge in [0.05, 0.1) is 11.1 Å². The molecule has 2 atom stereocenters. The van der Waals surface area contributed by atoms with E-state index in [1.807, 2.05) is 31.2 Å². The molecule has 7 nitrogen and oxygen atoms in total. The second kappa shape index (κ2) is 8.06. The number of carbonyl (C=O) groups is 1. The second-order valence-corrected chi connectivity index (χ2v) is 6.95. The van der Waals surface area contributed by atoms with E-state index in [4.69, 9.17) is 11.5 Å². The molecule has 1 aliphatic rings. The highest BCUT2D eigenvalue weighted by molar-refractivity contribution is 5.99. The van der Waals surface area contributed by atoms with Gasteiger partial charge in [-0.15, -0.1) is 0 Å². The van der Waals surface area contributed by atoms with Gasteiger partial charge in [-0.1, -0.05) is 25.0 Å². The van der Waals surface area contributed by atoms with Crippen LogP contribution in [0.3, 0.4) is 0 Å². The van der Waals surface area contributed by atoms with Gasteiger partial charge in [0.15, 0.2) is 0 Å². The summed E-state index contributed by atoms with van der Waals surface area (Å²) in [5.41, 5.74) is 14.0. The molecule has 27 heavy (non-hydrogen) atoms. The van der Waals surface area contributed by atoms with Crippen LogP contribution in [0.4, 0.5) is 17.3 Å². The number of nitriles is 1. The molecule has 0 radical (unpaired) electrons. The molecule has 2 aromatic rings. The summed E-state index contributed by atoms with van der Waals surface area (Å²) in [4.78, 5) is 16.4. The number of aromatic nitrogens is 1. The number of benzene rings is 1. The first-order valence-electron chi connectivity index (χ1n) is 9.08. The Morgan fingerprint density at radius 1 is 1.26 bits per heavy atom. The molecule has 1 fully saturated rings. The maximum absolute atomic E-state index is 11.9. The lowest BCUT2D eigenvalue weighted by Gasteiger charge is -2.30. The summed E-state index contributed by atoms with van der Waals surface area (Å²) >= 11 is 0. The molecule has 0 unspecified atom stereocenters. The van der Waals surface area contributed by atoms with Crippen LogP contribution in [0.25, 0.3) is 0 Å². The number of rotatable bonds is 5. The summed E-state index contributed by atoms with van der Waals surface area (Å²) in [6, 6.07) is 11.3. The van der Waals surface area contributed by atoms with E-state index < -0.39 is 5.91 Å². The predicted molar refractivity (Wildman–Crippen MR) is 106 cm³/mol. The van der Waals surface area contributed by atoms with Crippen molar-refractivity contribution in [1.29, 1.82) is 5.26 Å². The molecule has 0 bridgehead atoms. The number of nitrogens with two attached hydrogens (primary N) is 2. The highest BCUT2D eigenvalue weighted by atomic mass is 16.1. The minimum Gasteiger partial charge on any atom is -0.365 e. The fourth-order valence-electron chi connectivity index (χ4n) is 3.37. The topological polar surface area (TPSA) is 130 Å². The Labute approximate surface area is 158 Å². The summed E-state index contributed by atoms with van der Waals surface area (Å²) in [6.45, 7) is 1.98. The molecule has 140 valence electrons. The van der Waals surface area contributed by atoms with E-state index in [1.165, 1.54) is 6.07 Å². The van der Waals surface area contributed by atoms with E-state index in [1.54, 1.807) is 0 Å². The minimum absolute atomic E-state index is 0.0103. The number of nitrogens with zero attached hydrogens (tertiary/aromatic N) is 2. The van der Waals surface area contributed by atoms with Crippen LogP contribution in [0.5, 0.6) is 0 Å². The van der Waals surface area contributed by atoms with Gasteiger partial charge in [-0.25, -0.2) is 4.98 Å². The van der Waals surface area contributed by atoms with Crippen molar-refractivity contribution >= 4 is 23.2 Å². The van der Waals surface area contributed by atoms with Gasteiger partial charge in [0.2, 0.25) is 0 Å².